The minimum Gasteiger partial charge on any atom is -0.340 e. The maximum Gasteiger partial charge on any atom is 0.416 e. The molecule has 0 spiro atoms. The Morgan fingerprint density at radius 3 is 1.85 bits per heavy atom. The molecule has 48 heavy (non-hydrogen) atoms. The molecule has 0 bridgehead atoms. The number of anilines is 1. The Morgan fingerprint density at radius 1 is 0.750 bits per heavy atom. The molecule has 0 saturated carbocycles. The van der Waals surface area contributed by atoms with Gasteiger partial charge in [-0.05, 0) is 60.9 Å². The fourth-order valence-corrected chi connectivity index (χ4v) is 6.37. The van der Waals surface area contributed by atoms with Crippen molar-refractivity contribution < 1.29 is 45.1 Å². The molecule has 0 unspecified atom stereocenters. The van der Waals surface area contributed by atoms with Gasteiger partial charge in [-0.3, -0.25) is 14.5 Å². The van der Waals surface area contributed by atoms with Crippen LogP contribution in [0.1, 0.15) is 45.8 Å². The zero-order chi connectivity index (χ0) is 35.0. The van der Waals surface area contributed by atoms with Crippen molar-refractivity contribution in [2.24, 2.45) is 5.92 Å². The van der Waals surface area contributed by atoms with Gasteiger partial charge in [0.2, 0.25) is 5.91 Å². The molecule has 0 radical (unpaired) electrons. The van der Waals surface area contributed by atoms with Crippen LogP contribution in [0.3, 0.4) is 0 Å². The lowest BCUT2D eigenvalue weighted by Crippen LogP contribution is -2.48. The molecule has 256 valence electrons. The van der Waals surface area contributed by atoms with E-state index >= 15 is 0 Å². The third kappa shape index (κ3) is 7.42. The van der Waals surface area contributed by atoms with Gasteiger partial charge in [-0.1, -0.05) is 30.3 Å². The number of nitrogens with zero attached hydrogens (tertiary/aromatic N) is 4. The van der Waals surface area contributed by atoms with Crippen LogP contribution >= 0.6 is 0 Å². The fourth-order valence-electron chi connectivity index (χ4n) is 6.37. The van der Waals surface area contributed by atoms with Crippen LogP contribution in [0.2, 0.25) is 0 Å². The summed E-state index contributed by atoms with van der Waals surface area (Å²) in [5.74, 6) is -1.78. The van der Waals surface area contributed by atoms with E-state index in [2.05, 4.69) is 0 Å². The van der Waals surface area contributed by atoms with Crippen molar-refractivity contribution in [2.75, 3.05) is 45.2 Å². The molecule has 7 nitrogen and oxygen atoms in total. The number of rotatable bonds is 5. The van der Waals surface area contributed by atoms with E-state index in [1.807, 2.05) is 6.07 Å². The highest BCUT2D eigenvalue weighted by atomic mass is 19.4. The van der Waals surface area contributed by atoms with Crippen molar-refractivity contribution in [3.8, 4) is 0 Å². The molecule has 2 aliphatic rings. The number of piperidine rings is 1. The second kappa shape index (κ2) is 13.5. The lowest BCUT2D eigenvalue weighted by atomic mass is 9.93. The van der Waals surface area contributed by atoms with Crippen LogP contribution in [-0.2, 0) is 17.1 Å². The van der Waals surface area contributed by atoms with E-state index in [-0.39, 0.29) is 31.0 Å². The Hall–Kier alpha value is -4.62. The molecule has 0 aromatic heterocycles. The number of hydrogen-bond donors (Lipinski definition) is 0. The van der Waals surface area contributed by atoms with Gasteiger partial charge < -0.3 is 14.7 Å². The van der Waals surface area contributed by atoms with Gasteiger partial charge >= 0.3 is 18.4 Å². The molecule has 2 fully saturated rings. The van der Waals surface area contributed by atoms with Gasteiger partial charge in [0.1, 0.15) is 5.82 Å². The maximum atomic E-state index is 13.8. The number of carbonyl (C=O) groups excluding carboxylic acids is 3. The van der Waals surface area contributed by atoms with E-state index < -0.39 is 58.9 Å². The van der Waals surface area contributed by atoms with Crippen LogP contribution in [0, 0.1) is 11.7 Å². The van der Waals surface area contributed by atoms with Gasteiger partial charge in [0.15, 0.2) is 0 Å². The van der Waals surface area contributed by atoms with E-state index in [1.54, 1.807) is 34.1 Å². The molecule has 2 heterocycles. The summed E-state index contributed by atoms with van der Waals surface area (Å²) in [7, 11) is 2.43. The van der Waals surface area contributed by atoms with E-state index in [1.165, 1.54) is 36.2 Å². The number of halogens is 7. The second-order valence-electron chi connectivity index (χ2n) is 12.1. The first-order chi connectivity index (χ1) is 22.5. The Bertz CT molecular complexity index is 1610. The van der Waals surface area contributed by atoms with Crippen LogP contribution in [0.4, 0.5) is 41.2 Å². The van der Waals surface area contributed by atoms with Crippen molar-refractivity contribution >= 4 is 23.5 Å². The Labute approximate surface area is 272 Å². The summed E-state index contributed by atoms with van der Waals surface area (Å²) in [6.07, 6.45) is -9.38. The minimum absolute atomic E-state index is 0.0153. The summed E-state index contributed by atoms with van der Waals surface area (Å²) in [4.78, 5) is 45.5. The summed E-state index contributed by atoms with van der Waals surface area (Å²) in [5.41, 5.74) is -2.60. The average Bonchev–Trinajstić information content (AvgIpc) is 3.52. The topological polar surface area (TPSA) is 64.2 Å². The molecular formula is C34H33F7N4O3. The van der Waals surface area contributed by atoms with Gasteiger partial charge in [-0.25, -0.2) is 9.18 Å². The number of carbonyl (C=O) groups is 3. The molecule has 2 atom stereocenters. The number of likely N-dealkylation sites (tertiary alicyclic amines) is 2. The predicted octanol–water partition coefficient (Wildman–Crippen LogP) is 6.90. The zero-order valence-electron chi connectivity index (χ0n) is 26.1. The van der Waals surface area contributed by atoms with Crippen LogP contribution < -0.4 is 4.90 Å². The van der Waals surface area contributed by atoms with E-state index in [9.17, 15) is 45.1 Å². The van der Waals surface area contributed by atoms with Gasteiger partial charge in [-0.2, -0.15) is 26.3 Å². The number of urea groups is 1. The van der Waals surface area contributed by atoms with Crippen LogP contribution in [-0.4, -0.2) is 78.9 Å². The van der Waals surface area contributed by atoms with E-state index in [0.29, 0.717) is 54.1 Å². The molecular weight excluding hydrogens is 645 g/mol. The number of benzene rings is 3. The lowest BCUT2D eigenvalue weighted by molar-refractivity contribution is -0.143. The average molecular weight is 679 g/mol. The highest BCUT2D eigenvalue weighted by Crippen LogP contribution is 2.39. The number of alkyl halides is 6. The molecule has 3 aromatic carbocycles. The highest BCUT2D eigenvalue weighted by Gasteiger charge is 2.43. The zero-order valence-corrected chi connectivity index (χ0v) is 26.1. The predicted molar refractivity (Wildman–Crippen MR) is 163 cm³/mol. The number of amides is 4. The second-order valence-corrected chi connectivity index (χ2v) is 12.1. The van der Waals surface area contributed by atoms with Crippen LogP contribution in [0.5, 0.6) is 0 Å². The first-order valence-electron chi connectivity index (χ1n) is 15.2. The molecule has 4 amide bonds. The minimum atomic E-state index is -5.10. The summed E-state index contributed by atoms with van der Waals surface area (Å²) >= 11 is 0. The smallest absolute Gasteiger partial charge is 0.340 e. The molecule has 0 aliphatic carbocycles. The molecule has 3 aromatic rings. The Balaban J connectivity index is 1.35. The van der Waals surface area contributed by atoms with Crippen molar-refractivity contribution in [3.63, 3.8) is 0 Å². The highest BCUT2D eigenvalue weighted by molar-refractivity contribution is 5.94. The van der Waals surface area contributed by atoms with Crippen molar-refractivity contribution in [2.45, 2.75) is 37.2 Å². The van der Waals surface area contributed by atoms with Crippen molar-refractivity contribution in [1.29, 1.82) is 0 Å². The standard InChI is InChI=1S/C34H33F7N4O3/c1-42(27-17-24(33(36,37)38)16-25(18-27)34(39,40)41)32(48)43(2)29-20-45(19-28(29)21-8-10-26(35)11-9-21)31(47)23-12-14-44(15-13-23)30(46)22-6-4-3-5-7-22/h3-11,16-18,23,28-29H,12-15,19-20H2,1-2H3/t28-,29+/m1/s1. The molecule has 14 heteroatoms. The Kier molecular flexibility index (Phi) is 9.74. The summed E-state index contributed by atoms with van der Waals surface area (Å²) < 4.78 is 94.9. The molecule has 2 aliphatic heterocycles. The lowest BCUT2D eigenvalue weighted by Gasteiger charge is -2.34. The SMILES string of the molecule is CN(C(=O)N(C)[C@H]1CN(C(=O)C2CCN(C(=O)c3ccccc3)CC2)C[C@@H]1c1ccc(F)cc1)c1cc(C(F)(F)F)cc(C(F)(F)F)c1. The number of hydrogen-bond acceptors (Lipinski definition) is 3. The molecule has 5 rings (SSSR count). The third-order valence-corrected chi connectivity index (χ3v) is 9.10. The van der Waals surface area contributed by atoms with Gasteiger partial charge in [0.05, 0.1) is 17.2 Å². The third-order valence-electron chi connectivity index (χ3n) is 9.10. The Morgan fingerprint density at radius 2 is 1.31 bits per heavy atom. The summed E-state index contributed by atoms with van der Waals surface area (Å²) in [5, 5.41) is 0. The van der Waals surface area contributed by atoms with Crippen LogP contribution in [0.25, 0.3) is 0 Å². The molecule has 0 N–H and O–H groups in total. The van der Waals surface area contributed by atoms with Crippen molar-refractivity contribution in [3.05, 3.63) is 101 Å². The first-order valence-corrected chi connectivity index (χ1v) is 15.2. The normalized spacial score (nSPS) is 18.9. The molecule has 2 saturated heterocycles. The van der Waals surface area contributed by atoms with Gasteiger partial charge in [-0.15, -0.1) is 0 Å². The van der Waals surface area contributed by atoms with Gasteiger partial charge in [0.25, 0.3) is 5.91 Å². The van der Waals surface area contributed by atoms with E-state index in [4.69, 9.17) is 0 Å². The largest absolute Gasteiger partial charge is 0.416 e. The van der Waals surface area contributed by atoms with Crippen LogP contribution in [0.15, 0.2) is 72.8 Å². The first kappa shape index (κ1) is 34.7. The maximum absolute atomic E-state index is 13.8. The van der Waals surface area contributed by atoms with E-state index in [0.717, 1.165) is 7.05 Å². The monoisotopic (exact) mass is 678 g/mol. The fraction of sp³-hybridized carbons (Fsp3) is 0.382. The van der Waals surface area contributed by atoms with Gasteiger partial charge in [0, 0.05) is 63.4 Å². The van der Waals surface area contributed by atoms with Crippen molar-refractivity contribution in [1.82, 2.24) is 14.7 Å². The summed E-state index contributed by atoms with van der Waals surface area (Å²) in [6, 6.07) is 13.5. The quantitative estimate of drug-likeness (QED) is 0.276. The number of likely N-dealkylation sites (N-methyl/N-ethyl adjacent to an activating group) is 1. The summed E-state index contributed by atoms with van der Waals surface area (Å²) in [6.45, 7) is 0.893.